The molecule has 0 spiro atoms. The number of halogens is 3. The Morgan fingerprint density at radius 2 is 1.95 bits per heavy atom. The predicted molar refractivity (Wildman–Crippen MR) is 67.3 cm³/mol. The fraction of sp³-hybridized carbons (Fsp3) is 0.400. The molecule has 6 nitrogen and oxygen atoms in total. The molecule has 0 bridgehead atoms. The summed E-state index contributed by atoms with van der Waals surface area (Å²) in [5.74, 6) is -0.708. The monoisotopic (exact) mass is 346 g/mol. The molecule has 118 valence electrons. The third-order valence-corrected chi connectivity index (χ3v) is 5.65. The van der Waals surface area contributed by atoms with Gasteiger partial charge in [0.1, 0.15) is 23.2 Å². The van der Waals surface area contributed by atoms with Gasteiger partial charge >= 0.3 is 15.6 Å². The van der Waals surface area contributed by atoms with Gasteiger partial charge in [-0.2, -0.15) is 21.6 Å². The number of methoxy groups -OCH3 is 1. The number of hydrogen-bond donors (Lipinski definition) is 0. The summed E-state index contributed by atoms with van der Waals surface area (Å²) in [6.07, 6.45) is -0.252. The Bertz CT molecular complexity index is 727. The van der Waals surface area contributed by atoms with Crippen molar-refractivity contribution in [3.05, 3.63) is 12.1 Å². The van der Waals surface area contributed by atoms with E-state index in [0.29, 0.717) is 0 Å². The van der Waals surface area contributed by atoms with Gasteiger partial charge in [0.15, 0.2) is 12.9 Å². The van der Waals surface area contributed by atoms with Crippen LogP contribution in [0.25, 0.3) is 0 Å². The van der Waals surface area contributed by atoms with Crippen molar-refractivity contribution >= 4 is 22.6 Å². The molecule has 1 aromatic carbocycles. The number of alkyl halides is 3. The van der Waals surface area contributed by atoms with E-state index in [1.165, 1.54) is 19.8 Å². The summed E-state index contributed by atoms with van der Waals surface area (Å²) in [6, 6.07) is 2.22. The fourth-order valence-electron chi connectivity index (χ4n) is 1.74. The molecule has 0 aliphatic carbocycles. The van der Waals surface area contributed by atoms with E-state index in [1.54, 1.807) is 0 Å². The predicted octanol–water partition coefficient (Wildman–Crippen LogP) is 1.89. The van der Waals surface area contributed by atoms with Gasteiger partial charge in [0.2, 0.25) is 0 Å². The van der Waals surface area contributed by atoms with Crippen LogP contribution in [0.4, 0.5) is 13.2 Å². The van der Waals surface area contributed by atoms with Gasteiger partial charge in [-0.15, -0.1) is 0 Å². The summed E-state index contributed by atoms with van der Waals surface area (Å²) < 4.78 is 85.7. The maximum Gasteiger partial charge on any atom is 0.534 e. The van der Waals surface area contributed by atoms with Crippen molar-refractivity contribution in [2.75, 3.05) is 20.1 Å². The second-order valence-electron chi connectivity index (χ2n) is 4.33. The minimum atomic E-state index is -5.88. The van der Waals surface area contributed by atoms with Crippen molar-refractivity contribution in [3.63, 3.8) is 0 Å². The number of fused-ring (bicyclic) bond motifs is 1. The van der Waals surface area contributed by atoms with Crippen LogP contribution in [0.15, 0.2) is 12.1 Å². The Morgan fingerprint density at radius 1 is 1.33 bits per heavy atom. The van der Waals surface area contributed by atoms with Crippen molar-refractivity contribution in [2.45, 2.75) is 5.51 Å². The zero-order valence-electron chi connectivity index (χ0n) is 10.8. The fourth-order valence-corrected chi connectivity index (χ4v) is 3.95. The first-order valence-electron chi connectivity index (χ1n) is 5.40. The third kappa shape index (κ3) is 2.82. The SMILES string of the molecule is COc1cc2c(c(OS(=O)(=O)C(F)(F)F)c1)P(C)(=O)CO2. The summed E-state index contributed by atoms with van der Waals surface area (Å²) in [6.45, 7) is 1.26. The largest absolute Gasteiger partial charge is 0.534 e. The zero-order valence-corrected chi connectivity index (χ0v) is 12.5. The molecule has 11 heteroatoms. The van der Waals surface area contributed by atoms with Crippen LogP contribution < -0.4 is 19.0 Å². The van der Waals surface area contributed by atoms with E-state index in [-0.39, 0.29) is 23.2 Å². The van der Waals surface area contributed by atoms with Gasteiger partial charge in [0, 0.05) is 12.1 Å². The van der Waals surface area contributed by atoms with Gasteiger partial charge in [-0.1, -0.05) is 0 Å². The van der Waals surface area contributed by atoms with Crippen molar-refractivity contribution in [2.24, 2.45) is 0 Å². The average molecular weight is 346 g/mol. The maximum atomic E-state index is 12.4. The van der Waals surface area contributed by atoms with E-state index in [2.05, 4.69) is 4.18 Å². The molecule has 0 N–H and O–H groups in total. The van der Waals surface area contributed by atoms with E-state index in [0.717, 1.165) is 6.07 Å². The average Bonchev–Trinajstić information content (AvgIpc) is 2.63. The molecule has 1 heterocycles. The minimum Gasteiger partial charge on any atom is -0.496 e. The van der Waals surface area contributed by atoms with E-state index in [1.807, 2.05) is 0 Å². The first kappa shape index (κ1) is 16.0. The lowest BCUT2D eigenvalue weighted by Gasteiger charge is -2.14. The molecule has 0 aromatic heterocycles. The highest BCUT2D eigenvalue weighted by molar-refractivity contribution is 7.88. The summed E-state index contributed by atoms with van der Waals surface area (Å²) >= 11 is 0. The molecule has 1 aliphatic rings. The Kier molecular flexibility index (Phi) is 3.66. The van der Waals surface area contributed by atoms with Gasteiger partial charge in [-0.25, -0.2) is 0 Å². The van der Waals surface area contributed by atoms with E-state index in [4.69, 9.17) is 9.47 Å². The summed E-state index contributed by atoms with van der Waals surface area (Å²) in [7, 11) is -7.83. The molecular formula is C10H10F3O6PS. The highest BCUT2D eigenvalue weighted by atomic mass is 32.2. The molecule has 1 atom stereocenters. The summed E-state index contributed by atoms with van der Waals surface area (Å²) in [5.41, 5.74) is -5.60. The topological polar surface area (TPSA) is 78.9 Å². The van der Waals surface area contributed by atoms with Crippen molar-refractivity contribution in [1.29, 1.82) is 0 Å². The number of ether oxygens (including phenoxy) is 2. The lowest BCUT2D eigenvalue weighted by molar-refractivity contribution is -0.0499. The first-order valence-corrected chi connectivity index (χ1v) is 9.15. The third-order valence-electron chi connectivity index (χ3n) is 2.67. The highest BCUT2D eigenvalue weighted by Crippen LogP contribution is 2.52. The summed E-state index contributed by atoms with van der Waals surface area (Å²) in [5, 5.41) is -0.184. The molecule has 0 fully saturated rings. The van der Waals surface area contributed by atoms with Crippen molar-refractivity contribution in [3.8, 4) is 17.2 Å². The van der Waals surface area contributed by atoms with E-state index in [9.17, 15) is 26.2 Å². The first-order chi connectivity index (χ1) is 9.48. The van der Waals surface area contributed by atoms with Crippen LogP contribution in [0.1, 0.15) is 0 Å². The molecular weight excluding hydrogens is 336 g/mol. The molecule has 1 aromatic rings. The van der Waals surface area contributed by atoms with Crippen molar-refractivity contribution in [1.82, 2.24) is 0 Å². The lowest BCUT2D eigenvalue weighted by atomic mass is 10.3. The van der Waals surface area contributed by atoms with E-state index >= 15 is 0 Å². The smallest absolute Gasteiger partial charge is 0.496 e. The van der Waals surface area contributed by atoms with Gasteiger partial charge in [-0.3, -0.25) is 0 Å². The number of benzene rings is 1. The van der Waals surface area contributed by atoms with Crippen molar-refractivity contribution < 1.29 is 39.8 Å². The molecule has 0 saturated heterocycles. The molecule has 0 saturated carbocycles. The quantitative estimate of drug-likeness (QED) is 0.472. The standard InChI is InChI=1S/C10H10F3O6PS/c1-17-6-3-7-9(20(2,14)5-18-7)8(4-6)19-21(15,16)10(11,12)13/h3-4H,5H2,1-2H3. The van der Waals surface area contributed by atoms with Gasteiger partial charge in [0.25, 0.3) is 0 Å². The molecule has 0 amide bonds. The second kappa shape index (κ2) is 4.81. The highest BCUT2D eigenvalue weighted by Gasteiger charge is 2.50. The Morgan fingerprint density at radius 3 is 2.48 bits per heavy atom. The lowest BCUT2D eigenvalue weighted by Crippen LogP contribution is -2.29. The van der Waals surface area contributed by atoms with Crippen LogP contribution in [-0.2, 0) is 14.7 Å². The molecule has 2 rings (SSSR count). The Hall–Kier alpha value is -1.41. The van der Waals surface area contributed by atoms with Crippen LogP contribution in [0, 0.1) is 0 Å². The molecule has 1 unspecified atom stereocenters. The normalized spacial score (nSPS) is 21.6. The maximum absolute atomic E-state index is 12.4. The minimum absolute atomic E-state index is 0.0167. The van der Waals surface area contributed by atoms with Crippen LogP contribution in [0.5, 0.6) is 17.2 Å². The Labute approximate surface area is 118 Å². The van der Waals surface area contributed by atoms with Gasteiger partial charge < -0.3 is 18.2 Å². The molecule has 21 heavy (non-hydrogen) atoms. The van der Waals surface area contributed by atoms with Crippen LogP contribution in [0.3, 0.4) is 0 Å². The van der Waals surface area contributed by atoms with E-state index < -0.39 is 28.5 Å². The van der Waals surface area contributed by atoms with Crippen LogP contribution in [0.2, 0.25) is 0 Å². The van der Waals surface area contributed by atoms with Crippen LogP contribution in [-0.4, -0.2) is 34.0 Å². The second-order valence-corrected chi connectivity index (χ2v) is 8.77. The number of hydrogen-bond acceptors (Lipinski definition) is 6. The zero-order chi connectivity index (χ0) is 16.1. The Balaban J connectivity index is 2.60. The van der Waals surface area contributed by atoms with Gasteiger partial charge in [0.05, 0.1) is 7.11 Å². The number of rotatable bonds is 3. The van der Waals surface area contributed by atoms with Gasteiger partial charge in [-0.05, 0) is 6.66 Å². The van der Waals surface area contributed by atoms with Crippen LogP contribution >= 0.6 is 7.14 Å². The molecule has 0 radical (unpaired) electrons. The molecule has 1 aliphatic heterocycles. The summed E-state index contributed by atoms with van der Waals surface area (Å²) in [4.78, 5) is 0.